The van der Waals surface area contributed by atoms with Crippen molar-refractivity contribution in [3.63, 3.8) is 0 Å². The van der Waals surface area contributed by atoms with Gasteiger partial charge in [0.25, 0.3) is 0 Å². The third-order valence-electron chi connectivity index (χ3n) is 3.38. The van der Waals surface area contributed by atoms with Crippen LogP contribution in [0.5, 0.6) is 0 Å². The van der Waals surface area contributed by atoms with Crippen LogP contribution in [0.4, 0.5) is 5.69 Å². The molecule has 2 rings (SSSR count). The fourth-order valence-electron chi connectivity index (χ4n) is 2.60. The second-order valence-corrected chi connectivity index (χ2v) is 4.23. The number of aryl methyl sites for hydroxylation is 1. The monoisotopic (exact) mass is 205 g/mol. The Hall–Kier alpha value is -1.02. The van der Waals surface area contributed by atoms with E-state index in [0.717, 1.165) is 19.4 Å². The number of hydrogen-bond donors (Lipinski definition) is 1. The standard InChI is InChI=1S/C13H19NO/c1-3-14-11(7-8-15)9-12-10(2)5-4-6-13(12)14/h4-6,11,15H,3,7-9H2,1-2H3. The number of anilines is 1. The van der Waals surface area contributed by atoms with Gasteiger partial charge in [0.2, 0.25) is 0 Å². The van der Waals surface area contributed by atoms with E-state index in [1.165, 1.54) is 16.8 Å². The number of nitrogens with zero attached hydrogens (tertiary/aromatic N) is 1. The molecule has 1 aliphatic heterocycles. The van der Waals surface area contributed by atoms with Crippen LogP contribution in [-0.2, 0) is 6.42 Å². The Morgan fingerprint density at radius 3 is 2.93 bits per heavy atom. The van der Waals surface area contributed by atoms with E-state index in [4.69, 9.17) is 5.11 Å². The Balaban J connectivity index is 2.32. The van der Waals surface area contributed by atoms with Crippen LogP contribution in [0.1, 0.15) is 24.5 Å². The van der Waals surface area contributed by atoms with Gasteiger partial charge in [0.1, 0.15) is 0 Å². The van der Waals surface area contributed by atoms with Gasteiger partial charge < -0.3 is 10.0 Å². The maximum atomic E-state index is 9.06. The second kappa shape index (κ2) is 4.23. The predicted octanol–water partition coefficient (Wildman–Crippen LogP) is 2.13. The van der Waals surface area contributed by atoms with Crippen molar-refractivity contribution in [3.05, 3.63) is 29.3 Å². The van der Waals surface area contributed by atoms with E-state index in [9.17, 15) is 0 Å². The highest BCUT2D eigenvalue weighted by atomic mass is 16.3. The van der Waals surface area contributed by atoms with Crippen LogP contribution in [0.3, 0.4) is 0 Å². The summed E-state index contributed by atoms with van der Waals surface area (Å²) in [5.41, 5.74) is 4.22. The van der Waals surface area contributed by atoms with Gasteiger partial charge in [0.15, 0.2) is 0 Å². The maximum Gasteiger partial charge on any atom is 0.0450 e. The zero-order valence-electron chi connectivity index (χ0n) is 9.53. The van der Waals surface area contributed by atoms with Crippen LogP contribution in [0.2, 0.25) is 0 Å². The molecule has 1 aromatic carbocycles. The second-order valence-electron chi connectivity index (χ2n) is 4.23. The van der Waals surface area contributed by atoms with Crippen LogP contribution < -0.4 is 4.90 Å². The minimum atomic E-state index is 0.286. The first-order valence-electron chi connectivity index (χ1n) is 5.74. The molecule has 1 atom stereocenters. The Kier molecular flexibility index (Phi) is 2.96. The van der Waals surface area contributed by atoms with Crippen molar-refractivity contribution in [1.82, 2.24) is 0 Å². The molecule has 0 fully saturated rings. The first-order chi connectivity index (χ1) is 7.27. The summed E-state index contributed by atoms with van der Waals surface area (Å²) in [5.74, 6) is 0. The van der Waals surface area contributed by atoms with Crippen molar-refractivity contribution in [2.75, 3.05) is 18.1 Å². The van der Waals surface area contributed by atoms with Gasteiger partial charge in [0, 0.05) is 24.9 Å². The zero-order valence-corrected chi connectivity index (χ0v) is 9.53. The van der Waals surface area contributed by atoms with E-state index in [1.54, 1.807) is 0 Å². The molecule has 0 bridgehead atoms. The average molecular weight is 205 g/mol. The molecule has 0 saturated heterocycles. The molecule has 82 valence electrons. The number of fused-ring (bicyclic) bond motifs is 1. The van der Waals surface area contributed by atoms with Gasteiger partial charge in [-0.2, -0.15) is 0 Å². The third kappa shape index (κ3) is 1.74. The van der Waals surface area contributed by atoms with Crippen molar-refractivity contribution in [2.24, 2.45) is 0 Å². The first-order valence-corrected chi connectivity index (χ1v) is 5.74. The molecule has 0 aliphatic carbocycles. The number of benzene rings is 1. The van der Waals surface area contributed by atoms with Crippen LogP contribution >= 0.6 is 0 Å². The van der Waals surface area contributed by atoms with Crippen LogP contribution in [0, 0.1) is 6.92 Å². The Morgan fingerprint density at radius 2 is 2.27 bits per heavy atom. The van der Waals surface area contributed by atoms with E-state index in [0.29, 0.717) is 6.04 Å². The highest BCUT2D eigenvalue weighted by Gasteiger charge is 2.28. The molecule has 0 spiro atoms. The summed E-state index contributed by atoms with van der Waals surface area (Å²) in [7, 11) is 0. The van der Waals surface area contributed by atoms with E-state index in [2.05, 4.69) is 36.9 Å². The Bertz CT molecular complexity index is 348. The number of likely N-dealkylation sites (N-methyl/N-ethyl adjacent to an activating group) is 1. The molecule has 2 heteroatoms. The molecule has 0 saturated carbocycles. The van der Waals surface area contributed by atoms with E-state index >= 15 is 0 Å². The van der Waals surface area contributed by atoms with Gasteiger partial charge in [-0.25, -0.2) is 0 Å². The molecule has 1 aromatic rings. The largest absolute Gasteiger partial charge is 0.396 e. The summed E-state index contributed by atoms with van der Waals surface area (Å²) in [6, 6.07) is 6.99. The smallest absolute Gasteiger partial charge is 0.0450 e. The molecule has 2 nitrogen and oxygen atoms in total. The number of hydrogen-bond acceptors (Lipinski definition) is 2. The van der Waals surface area contributed by atoms with Gasteiger partial charge >= 0.3 is 0 Å². The summed E-state index contributed by atoms with van der Waals surface area (Å²) >= 11 is 0. The number of rotatable bonds is 3. The summed E-state index contributed by atoms with van der Waals surface area (Å²) in [6.07, 6.45) is 1.97. The topological polar surface area (TPSA) is 23.5 Å². The highest BCUT2D eigenvalue weighted by molar-refractivity contribution is 5.61. The van der Waals surface area contributed by atoms with Gasteiger partial charge in [-0.15, -0.1) is 0 Å². The normalized spacial score (nSPS) is 19.4. The number of aliphatic hydroxyl groups is 1. The SMILES string of the molecule is CCN1c2cccc(C)c2CC1CCO. The summed E-state index contributed by atoms with van der Waals surface area (Å²) in [6.45, 7) is 5.67. The molecule has 1 unspecified atom stereocenters. The summed E-state index contributed by atoms with van der Waals surface area (Å²) in [5, 5.41) is 9.06. The van der Waals surface area contributed by atoms with Crippen molar-refractivity contribution < 1.29 is 5.11 Å². The van der Waals surface area contributed by atoms with Crippen molar-refractivity contribution in [3.8, 4) is 0 Å². The lowest BCUT2D eigenvalue weighted by atomic mass is 10.0. The van der Waals surface area contributed by atoms with Gasteiger partial charge in [-0.1, -0.05) is 12.1 Å². The van der Waals surface area contributed by atoms with Crippen LogP contribution in [0.15, 0.2) is 18.2 Å². The lowest BCUT2D eigenvalue weighted by molar-refractivity contribution is 0.274. The molecule has 1 N–H and O–H groups in total. The Labute approximate surface area is 91.5 Å². The molecule has 1 heterocycles. The van der Waals surface area contributed by atoms with Gasteiger partial charge in [0.05, 0.1) is 0 Å². The van der Waals surface area contributed by atoms with Crippen LogP contribution in [-0.4, -0.2) is 24.3 Å². The third-order valence-corrected chi connectivity index (χ3v) is 3.38. The lowest BCUT2D eigenvalue weighted by Gasteiger charge is -2.25. The van der Waals surface area contributed by atoms with Crippen molar-refractivity contribution >= 4 is 5.69 Å². The minimum absolute atomic E-state index is 0.286. The van der Waals surface area contributed by atoms with E-state index in [-0.39, 0.29) is 6.61 Å². The highest BCUT2D eigenvalue weighted by Crippen LogP contribution is 2.34. The van der Waals surface area contributed by atoms with Crippen molar-refractivity contribution in [2.45, 2.75) is 32.7 Å². The molecule has 1 aliphatic rings. The first kappa shape index (κ1) is 10.5. The fourth-order valence-corrected chi connectivity index (χ4v) is 2.60. The minimum Gasteiger partial charge on any atom is -0.396 e. The van der Waals surface area contributed by atoms with Gasteiger partial charge in [-0.3, -0.25) is 0 Å². The summed E-state index contributed by atoms with van der Waals surface area (Å²) < 4.78 is 0. The fraction of sp³-hybridized carbons (Fsp3) is 0.538. The van der Waals surface area contributed by atoms with E-state index in [1.807, 2.05) is 0 Å². The zero-order chi connectivity index (χ0) is 10.8. The molecular formula is C13H19NO. The molecule has 0 aromatic heterocycles. The van der Waals surface area contributed by atoms with E-state index < -0.39 is 0 Å². The maximum absolute atomic E-state index is 9.06. The molecule has 0 radical (unpaired) electrons. The lowest BCUT2D eigenvalue weighted by Crippen LogP contribution is -2.32. The predicted molar refractivity (Wildman–Crippen MR) is 63.4 cm³/mol. The Morgan fingerprint density at radius 1 is 1.47 bits per heavy atom. The molecule has 15 heavy (non-hydrogen) atoms. The average Bonchev–Trinajstić information content (AvgIpc) is 2.58. The summed E-state index contributed by atoms with van der Waals surface area (Å²) in [4.78, 5) is 2.42. The van der Waals surface area contributed by atoms with Gasteiger partial charge in [-0.05, 0) is 43.9 Å². The number of aliphatic hydroxyl groups excluding tert-OH is 1. The molecular weight excluding hydrogens is 186 g/mol. The van der Waals surface area contributed by atoms with Crippen LogP contribution in [0.25, 0.3) is 0 Å². The molecule has 0 amide bonds. The quantitative estimate of drug-likeness (QED) is 0.817. The van der Waals surface area contributed by atoms with Crippen molar-refractivity contribution in [1.29, 1.82) is 0 Å².